The van der Waals surface area contributed by atoms with E-state index in [4.69, 9.17) is 19.9 Å². The Hall–Kier alpha value is -1.95. The van der Waals surface area contributed by atoms with E-state index < -0.39 is 0 Å². The summed E-state index contributed by atoms with van der Waals surface area (Å²) in [6.45, 7) is 0. The quantitative estimate of drug-likeness (QED) is 0.935. The van der Waals surface area contributed by atoms with Crippen LogP contribution in [0.3, 0.4) is 0 Å². The van der Waals surface area contributed by atoms with Gasteiger partial charge in [0.2, 0.25) is 11.8 Å². The SMILES string of the molecule is COc1ccc(Oc2nc(OC)ccc2N)c(Br)c1. The van der Waals surface area contributed by atoms with E-state index in [0.717, 1.165) is 10.2 Å². The van der Waals surface area contributed by atoms with Crippen LogP contribution < -0.4 is 19.9 Å². The Balaban J connectivity index is 2.30. The highest BCUT2D eigenvalue weighted by Crippen LogP contribution is 2.34. The Morgan fingerprint density at radius 1 is 1.11 bits per heavy atom. The highest BCUT2D eigenvalue weighted by Gasteiger charge is 2.09. The van der Waals surface area contributed by atoms with Gasteiger partial charge in [-0.05, 0) is 40.2 Å². The molecule has 0 bridgehead atoms. The van der Waals surface area contributed by atoms with Crippen molar-refractivity contribution in [3.05, 3.63) is 34.8 Å². The zero-order chi connectivity index (χ0) is 13.8. The minimum atomic E-state index is 0.296. The summed E-state index contributed by atoms with van der Waals surface area (Å²) < 4.78 is 16.6. The molecule has 2 aromatic rings. The van der Waals surface area contributed by atoms with Crippen LogP contribution in [0.25, 0.3) is 0 Å². The van der Waals surface area contributed by atoms with E-state index >= 15 is 0 Å². The number of benzene rings is 1. The summed E-state index contributed by atoms with van der Waals surface area (Å²) in [5, 5.41) is 0. The first kappa shape index (κ1) is 13.5. The molecule has 2 N–H and O–H groups in total. The highest BCUT2D eigenvalue weighted by molar-refractivity contribution is 9.10. The third-order valence-corrected chi connectivity index (χ3v) is 3.04. The van der Waals surface area contributed by atoms with Gasteiger partial charge >= 0.3 is 0 Å². The molecule has 0 amide bonds. The Morgan fingerprint density at radius 2 is 1.89 bits per heavy atom. The molecular formula is C13H13BrN2O3. The van der Waals surface area contributed by atoms with Crippen LogP contribution in [-0.4, -0.2) is 19.2 Å². The predicted octanol–water partition coefficient (Wildman–Crippen LogP) is 3.24. The first-order valence-electron chi connectivity index (χ1n) is 5.46. The molecule has 1 aromatic carbocycles. The Labute approximate surface area is 119 Å². The van der Waals surface area contributed by atoms with Crippen LogP contribution in [0.15, 0.2) is 34.8 Å². The lowest BCUT2D eigenvalue weighted by molar-refractivity contribution is 0.383. The molecule has 19 heavy (non-hydrogen) atoms. The van der Waals surface area contributed by atoms with Gasteiger partial charge in [0.25, 0.3) is 0 Å². The summed E-state index contributed by atoms with van der Waals surface area (Å²) in [4.78, 5) is 4.15. The molecule has 0 unspecified atom stereocenters. The van der Waals surface area contributed by atoms with Crippen molar-refractivity contribution in [1.82, 2.24) is 4.98 Å². The molecule has 6 heteroatoms. The molecule has 0 aliphatic carbocycles. The van der Waals surface area contributed by atoms with Crippen molar-refractivity contribution in [1.29, 1.82) is 0 Å². The molecule has 0 atom stereocenters. The fraction of sp³-hybridized carbons (Fsp3) is 0.154. The van der Waals surface area contributed by atoms with Crippen LogP contribution in [0.1, 0.15) is 0 Å². The van der Waals surface area contributed by atoms with Gasteiger partial charge in [-0.15, -0.1) is 0 Å². The van der Waals surface area contributed by atoms with Gasteiger partial charge in [0.1, 0.15) is 11.5 Å². The van der Waals surface area contributed by atoms with Crippen LogP contribution in [0.2, 0.25) is 0 Å². The summed E-state index contributed by atoms with van der Waals surface area (Å²) in [6, 6.07) is 8.70. The second-order valence-electron chi connectivity index (χ2n) is 3.65. The van der Waals surface area contributed by atoms with Crippen molar-refractivity contribution in [2.24, 2.45) is 0 Å². The summed E-state index contributed by atoms with van der Waals surface area (Å²) >= 11 is 3.40. The van der Waals surface area contributed by atoms with Gasteiger partial charge in [-0.2, -0.15) is 4.98 Å². The molecule has 0 aliphatic rings. The molecule has 2 rings (SSSR count). The van der Waals surface area contributed by atoms with Gasteiger partial charge in [0.15, 0.2) is 0 Å². The number of nitrogen functional groups attached to an aromatic ring is 1. The normalized spacial score (nSPS) is 10.1. The van der Waals surface area contributed by atoms with Gasteiger partial charge in [-0.1, -0.05) is 0 Å². The number of methoxy groups -OCH3 is 2. The second kappa shape index (κ2) is 5.79. The van der Waals surface area contributed by atoms with Gasteiger partial charge in [-0.3, -0.25) is 0 Å². The van der Waals surface area contributed by atoms with E-state index in [2.05, 4.69) is 20.9 Å². The molecule has 0 saturated heterocycles. The molecule has 0 saturated carbocycles. The minimum Gasteiger partial charge on any atom is -0.497 e. The van der Waals surface area contributed by atoms with Crippen molar-refractivity contribution in [2.45, 2.75) is 0 Å². The minimum absolute atomic E-state index is 0.296. The van der Waals surface area contributed by atoms with E-state index in [-0.39, 0.29) is 0 Å². The number of nitrogens with zero attached hydrogens (tertiary/aromatic N) is 1. The number of rotatable bonds is 4. The van der Waals surface area contributed by atoms with Crippen molar-refractivity contribution in [2.75, 3.05) is 20.0 Å². The Bertz CT molecular complexity index is 590. The smallest absolute Gasteiger partial charge is 0.246 e. The maximum atomic E-state index is 5.82. The second-order valence-corrected chi connectivity index (χ2v) is 4.50. The van der Waals surface area contributed by atoms with Crippen LogP contribution in [0, 0.1) is 0 Å². The summed E-state index contributed by atoms with van der Waals surface area (Å²) in [6.07, 6.45) is 0. The molecule has 0 aliphatic heterocycles. The zero-order valence-corrected chi connectivity index (χ0v) is 12.1. The molecule has 1 aromatic heterocycles. The van der Waals surface area contributed by atoms with Gasteiger partial charge in [-0.25, -0.2) is 0 Å². The van der Waals surface area contributed by atoms with Crippen molar-refractivity contribution < 1.29 is 14.2 Å². The average molecular weight is 325 g/mol. The van der Waals surface area contributed by atoms with Crippen molar-refractivity contribution in [3.63, 3.8) is 0 Å². The fourth-order valence-electron chi connectivity index (χ4n) is 1.43. The largest absolute Gasteiger partial charge is 0.497 e. The first-order valence-corrected chi connectivity index (χ1v) is 6.25. The van der Waals surface area contributed by atoms with Crippen molar-refractivity contribution in [3.8, 4) is 23.3 Å². The molecule has 0 fully saturated rings. The molecule has 0 spiro atoms. The maximum absolute atomic E-state index is 5.82. The standard InChI is InChI=1S/C13H13BrN2O3/c1-17-8-3-5-11(9(14)7-8)19-13-10(15)4-6-12(16-13)18-2/h3-7H,15H2,1-2H3. The summed E-state index contributed by atoms with van der Waals surface area (Å²) in [7, 11) is 3.13. The topological polar surface area (TPSA) is 66.6 Å². The Kier molecular flexibility index (Phi) is 4.11. The zero-order valence-electron chi connectivity index (χ0n) is 10.5. The van der Waals surface area contributed by atoms with Crippen LogP contribution in [0.4, 0.5) is 5.69 Å². The number of hydrogen-bond donors (Lipinski definition) is 1. The van der Waals surface area contributed by atoms with Crippen LogP contribution in [0.5, 0.6) is 23.3 Å². The summed E-state index contributed by atoms with van der Waals surface area (Å²) in [5.41, 5.74) is 6.25. The number of halogens is 1. The van der Waals surface area contributed by atoms with Crippen molar-refractivity contribution >= 4 is 21.6 Å². The highest BCUT2D eigenvalue weighted by atomic mass is 79.9. The predicted molar refractivity (Wildman–Crippen MR) is 76.0 cm³/mol. The van der Waals surface area contributed by atoms with Gasteiger partial charge in [0, 0.05) is 6.07 Å². The Morgan fingerprint density at radius 3 is 2.53 bits per heavy atom. The lowest BCUT2D eigenvalue weighted by atomic mass is 10.3. The van der Waals surface area contributed by atoms with Crippen LogP contribution >= 0.6 is 15.9 Å². The van der Waals surface area contributed by atoms with E-state index in [9.17, 15) is 0 Å². The van der Waals surface area contributed by atoms with Crippen LogP contribution in [-0.2, 0) is 0 Å². The maximum Gasteiger partial charge on any atom is 0.246 e. The molecule has 1 heterocycles. The molecule has 100 valence electrons. The third kappa shape index (κ3) is 3.08. The van der Waals surface area contributed by atoms with E-state index in [1.54, 1.807) is 37.4 Å². The molecular weight excluding hydrogens is 312 g/mol. The number of aromatic nitrogens is 1. The fourth-order valence-corrected chi connectivity index (χ4v) is 1.86. The lowest BCUT2D eigenvalue weighted by Gasteiger charge is -2.10. The monoisotopic (exact) mass is 324 g/mol. The third-order valence-electron chi connectivity index (χ3n) is 2.42. The number of hydrogen-bond acceptors (Lipinski definition) is 5. The summed E-state index contributed by atoms with van der Waals surface area (Å²) in [5.74, 6) is 2.05. The average Bonchev–Trinajstić information content (AvgIpc) is 2.43. The number of ether oxygens (including phenoxy) is 3. The molecule has 5 nitrogen and oxygen atoms in total. The number of anilines is 1. The van der Waals surface area contributed by atoms with E-state index in [1.165, 1.54) is 7.11 Å². The number of nitrogens with two attached hydrogens (primary N) is 1. The molecule has 0 radical (unpaired) electrons. The lowest BCUT2D eigenvalue weighted by Crippen LogP contribution is -1.97. The van der Waals surface area contributed by atoms with E-state index in [0.29, 0.717) is 23.2 Å². The van der Waals surface area contributed by atoms with Gasteiger partial charge < -0.3 is 19.9 Å². The number of pyridine rings is 1. The first-order chi connectivity index (χ1) is 9.13. The van der Waals surface area contributed by atoms with E-state index in [1.807, 2.05) is 0 Å². The van der Waals surface area contributed by atoms with Gasteiger partial charge in [0.05, 0.1) is 24.4 Å².